The van der Waals surface area contributed by atoms with Crippen molar-refractivity contribution in [1.82, 2.24) is 9.88 Å². The molecular weight excluding hydrogens is 252 g/mol. The summed E-state index contributed by atoms with van der Waals surface area (Å²) in [5.41, 5.74) is 4.85. The molecule has 4 nitrogen and oxygen atoms in total. The van der Waals surface area contributed by atoms with E-state index in [1.165, 1.54) is 0 Å². The van der Waals surface area contributed by atoms with Gasteiger partial charge in [-0.05, 0) is 36.2 Å². The molecule has 1 aromatic heterocycles. The van der Waals surface area contributed by atoms with Gasteiger partial charge in [-0.1, -0.05) is 6.07 Å². The van der Waals surface area contributed by atoms with Crippen molar-refractivity contribution in [3.05, 3.63) is 47.3 Å². The standard InChI is InChI=1S/C16H16N2O2/c1-10-6-14(15(20-3)8-17-10)11-4-5-13-12(7-11)9-18(2)16(13)19/h4-8H,9H2,1-3H3. The van der Waals surface area contributed by atoms with Crippen molar-refractivity contribution in [2.45, 2.75) is 13.5 Å². The molecule has 3 rings (SSSR count). The minimum Gasteiger partial charge on any atom is -0.494 e. The number of ether oxygens (including phenoxy) is 1. The number of carbonyl (C=O) groups is 1. The maximum Gasteiger partial charge on any atom is 0.254 e. The van der Waals surface area contributed by atoms with E-state index in [1.54, 1.807) is 18.2 Å². The predicted octanol–water partition coefficient (Wildman–Crippen LogP) is 2.65. The number of carbonyl (C=O) groups excluding carboxylic acids is 1. The normalized spacial score (nSPS) is 13.6. The summed E-state index contributed by atoms with van der Waals surface area (Å²) in [7, 11) is 3.46. The lowest BCUT2D eigenvalue weighted by Gasteiger charge is -2.10. The summed E-state index contributed by atoms with van der Waals surface area (Å²) in [5, 5.41) is 0. The van der Waals surface area contributed by atoms with Crippen LogP contribution in [-0.4, -0.2) is 29.9 Å². The topological polar surface area (TPSA) is 42.4 Å². The number of hydrogen-bond donors (Lipinski definition) is 0. The lowest BCUT2D eigenvalue weighted by molar-refractivity contribution is 0.0816. The molecule has 20 heavy (non-hydrogen) atoms. The highest BCUT2D eigenvalue weighted by molar-refractivity contribution is 5.98. The Morgan fingerprint density at radius 3 is 2.80 bits per heavy atom. The minimum atomic E-state index is 0.0874. The van der Waals surface area contributed by atoms with Crippen LogP contribution < -0.4 is 4.74 Å². The smallest absolute Gasteiger partial charge is 0.254 e. The molecule has 1 aliphatic rings. The van der Waals surface area contributed by atoms with Crippen molar-refractivity contribution in [1.29, 1.82) is 0 Å². The molecule has 1 amide bonds. The number of aromatic nitrogens is 1. The van der Waals surface area contributed by atoms with Crippen LogP contribution in [0.1, 0.15) is 21.6 Å². The Kier molecular flexibility index (Phi) is 2.93. The van der Waals surface area contributed by atoms with E-state index in [4.69, 9.17) is 4.74 Å². The summed E-state index contributed by atoms with van der Waals surface area (Å²) >= 11 is 0. The van der Waals surface area contributed by atoms with Gasteiger partial charge in [0.05, 0.1) is 13.3 Å². The van der Waals surface area contributed by atoms with E-state index in [-0.39, 0.29) is 5.91 Å². The summed E-state index contributed by atoms with van der Waals surface area (Å²) in [6, 6.07) is 7.92. The van der Waals surface area contributed by atoms with Crippen LogP contribution in [0.4, 0.5) is 0 Å². The molecule has 0 unspecified atom stereocenters. The maximum atomic E-state index is 11.9. The van der Waals surface area contributed by atoms with Crippen molar-refractivity contribution in [2.24, 2.45) is 0 Å². The Bertz CT molecular complexity index is 695. The van der Waals surface area contributed by atoms with Crippen molar-refractivity contribution in [2.75, 3.05) is 14.2 Å². The molecule has 0 N–H and O–H groups in total. The molecule has 0 saturated carbocycles. The van der Waals surface area contributed by atoms with Crippen molar-refractivity contribution >= 4 is 5.91 Å². The van der Waals surface area contributed by atoms with Crippen LogP contribution in [0.25, 0.3) is 11.1 Å². The lowest BCUT2D eigenvalue weighted by Crippen LogP contribution is -2.17. The zero-order chi connectivity index (χ0) is 14.3. The van der Waals surface area contributed by atoms with Crippen LogP contribution >= 0.6 is 0 Å². The van der Waals surface area contributed by atoms with Gasteiger partial charge in [0.25, 0.3) is 5.91 Å². The number of rotatable bonds is 2. The van der Waals surface area contributed by atoms with E-state index in [2.05, 4.69) is 11.1 Å². The third-order valence-electron chi connectivity index (χ3n) is 3.62. The van der Waals surface area contributed by atoms with Crippen molar-refractivity contribution < 1.29 is 9.53 Å². The van der Waals surface area contributed by atoms with Gasteiger partial charge >= 0.3 is 0 Å². The number of nitrogens with zero attached hydrogens (tertiary/aromatic N) is 2. The van der Waals surface area contributed by atoms with E-state index in [0.29, 0.717) is 6.54 Å². The number of amides is 1. The molecule has 0 saturated heterocycles. The first-order valence-electron chi connectivity index (χ1n) is 6.49. The molecule has 102 valence electrons. The van der Waals surface area contributed by atoms with E-state index in [1.807, 2.05) is 32.2 Å². The van der Waals surface area contributed by atoms with Gasteiger partial charge in [0.1, 0.15) is 5.75 Å². The minimum absolute atomic E-state index is 0.0874. The number of benzene rings is 1. The second-order valence-corrected chi connectivity index (χ2v) is 5.06. The van der Waals surface area contributed by atoms with Gasteiger partial charge in [0.15, 0.2) is 0 Å². The van der Waals surface area contributed by atoms with Gasteiger partial charge in [-0.25, -0.2) is 0 Å². The molecule has 0 fully saturated rings. The SMILES string of the molecule is COc1cnc(C)cc1-c1ccc2c(c1)CN(C)C2=O. The summed E-state index contributed by atoms with van der Waals surface area (Å²) in [4.78, 5) is 17.9. The monoisotopic (exact) mass is 268 g/mol. The van der Waals surface area contributed by atoms with Crippen LogP contribution in [-0.2, 0) is 6.54 Å². The van der Waals surface area contributed by atoms with Gasteiger partial charge < -0.3 is 9.64 Å². The molecule has 0 atom stereocenters. The van der Waals surface area contributed by atoms with Crippen molar-refractivity contribution in [3.63, 3.8) is 0 Å². The Morgan fingerprint density at radius 1 is 1.25 bits per heavy atom. The third kappa shape index (κ3) is 1.93. The van der Waals surface area contributed by atoms with E-state index in [9.17, 15) is 4.79 Å². The molecule has 1 aromatic carbocycles. The maximum absolute atomic E-state index is 11.9. The summed E-state index contributed by atoms with van der Waals surface area (Å²) in [6.45, 7) is 2.61. The number of hydrogen-bond acceptors (Lipinski definition) is 3. The molecule has 0 radical (unpaired) electrons. The fourth-order valence-electron chi connectivity index (χ4n) is 2.57. The lowest BCUT2D eigenvalue weighted by atomic mass is 10.00. The third-order valence-corrected chi connectivity index (χ3v) is 3.62. The van der Waals surface area contributed by atoms with E-state index < -0.39 is 0 Å². The first kappa shape index (κ1) is 12.7. The first-order valence-corrected chi connectivity index (χ1v) is 6.49. The fourth-order valence-corrected chi connectivity index (χ4v) is 2.57. The van der Waals surface area contributed by atoms with E-state index >= 15 is 0 Å². The van der Waals surface area contributed by atoms with Gasteiger partial charge in [-0.2, -0.15) is 0 Å². The fraction of sp³-hybridized carbons (Fsp3) is 0.250. The number of fused-ring (bicyclic) bond motifs is 1. The zero-order valence-electron chi connectivity index (χ0n) is 11.8. The van der Waals surface area contributed by atoms with Gasteiger partial charge in [-0.15, -0.1) is 0 Å². The first-order chi connectivity index (χ1) is 9.60. The second-order valence-electron chi connectivity index (χ2n) is 5.06. The van der Waals surface area contributed by atoms with Gasteiger partial charge in [0.2, 0.25) is 0 Å². The molecule has 4 heteroatoms. The van der Waals surface area contributed by atoms with Crippen LogP contribution in [0, 0.1) is 6.92 Å². The van der Waals surface area contributed by atoms with Gasteiger partial charge in [0, 0.05) is 30.4 Å². The highest BCUT2D eigenvalue weighted by Crippen LogP contribution is 2.33. The Hall–Kier alpha value is -2.36. The number of aryl methyl sites for hydroxylation is 1. The van der Waals surface area contributed by atoms with Gasteiger partial charge in [-0.3, -0.25) is 9.78 Å². The van der Waals surface area contributed by atoms with E-state index in [0.717, 1.165) is 33.7 Å². The van der Waals surface area contributed by atoms with Crippen LogP contribution in [0.3, 0.4) is 0 Å². The second kappa shape index (κ2) is 4.63. The summed E-state index contributed by atoms with van der Waals surface area (Å²) in [5.74, 6) is 0.831. The average molecular weight is 268 g/mol. The largest absolute Gasteiger partial charge is 0.494 e. The van der Waals surface area contributed by atoms with Crippen LogP contribution in [0.15, 0.2) is 30.5 Å². The molecule has 0 bridgehead atoms. The molecule has 2 aromatic rings. The average Bonchev–Trinajstić information content (AvgIpc) is 2.73. The van der Waals surface area contributed by atoms with Crippen LogP contribution in [0.2, 0.25) is 0 Å². The van der Waals surface area contributed by atoms with Crippen molar-refractivity contribution in [3.8, 4) is 16.9 Å². The Morgan fingerprint density at radius 2 is 2.05 bits per heavy atom. The summed E-state index contributed by atoms with van der Waals surface area (Å²) < 4.78 is 5.38. The molecule has 0 spiro atoms. The molecule has 0 aliphatic carbocycles. The molecular formula is C16H16N2O2. The molecule has 2 heterocycles. The Balaban J connectivity index is 2.11. The highest BCUT2D eigenvalue weighted by Gasteiger charge is 2.24. The van der Waals surface area contributed by atoms with Crippen LogP contribution in [0.5, 0.6) is 5.75 Å². The molecule has 1 aliphatic heterocycles. The number of pyridine rings is 1. The number of methoxy groups -OCH3 is 1. The predicted molar refractivity (Wildman–Crippen MR) is 76.8 cm³/mol. The quantitative estimate of drug-likeness (QED) is 0.841. The Labute approximate surface area is 118 Å². The zero-order valence-corrected chi connectivity index (χ0v) is 11.8. The summed E-state index contributed by atoms with van der Waals surface area (Å²) in [6.07, 6.45) is 1.73. The highest BCUT2D eigenvalue weighted by atomic mass is 16.5.